The van der Waals surface area contributed by atoms with Gasteiger partial charge in [0.25, 0.3) is 0 Å². The number of benzene rings is 4. The van der Waals surface area contributed by atoms with Crippen LogP contribution in [0.4, 0.5) is 0 Å². The summed E-state index contributed by atoms with van der Waals surface area (Å²) >= 11 is 0. The minimum Gasteiger partial charge on any atom is -0.253 e. The second-order valence-corrected chi connectivity index (χ2v) is 9.95. The summed E-state index contributed by atoms with van der Waals surface area (Å²) < 4.78 is 0. The molecular formula is C29H24NP. The number of rotatable bonds is 6. The van der Waals surface area contributed by atoms with E-state index in [0.717, 1.165) is 24.0 Å². The molecule has 0 bridgehead atoms. The molecule has 0 unspecified atom stereocenters. The van der Waals surface area contributed by atoms with Crippen molar-refractivity contribution < 1.29 is 0 Å². The molecule has 0 radical (unpaired) electrons. The van der Waals surface area contributed by atoms with Gasteiger partial charge in [-0.1, -0.05) is 109 Å². The fraction of sp³-hybridized carbons (Fsp3) is 0.0690. The molecule has 0 fully saturated rings. The minimum absolute atomic E-state index is 0.407. The van der Waals surface area contributed by atoms with Gasteiger partial charge in [-0.2, -0.15) is 0 Å². The van der Waals surface area contributed by atoms with Gasteiger partial charge in [0.1, 0.15) is 0 Å². The summed E-state index contributed by atoms with van der Waals surface area (Å²) in [5, 5.41) is 5.36. The third kappa shape index (κ3) is 4.43. The summed E-state index contributed by atoms with van der Waals surface area (Å²) in [6, 6.07) is 43.3. The summed E-state index contributed by atoms with van der Waals surface area (Å²) in [5.41, 5.74) is 3.41. The summed E-state index contributed by atoms with van der Waals surface area (Å²) in [7, 11) is -0.407. The molecule has 1 heterocycles. The van der Waals surface area contributed by atoms with Crippen molar-refractivity contribution in [3.8, 4) is 11.3 Å². The van der Waals surface area contributed by atoms with E-state index in [9.17, 15) is 0 Å². The van der Waals surface area contributed by atoms with Crippen LogP contribution < -0.4 is 10.6 Å². The fourth-order valence-corrected chi connectivity index (χ4v) is 6.40. The van der Waals surface area contributed by atoms with Crippen LogP contribution in [0.2, 0.25) is 0 Å². The number of aryl methyl sites for hydroxylation is 1. The van der Waals surface area contributed by atoms with Crippen LogP contribution in [0.5, 0.6) is 0 Å². The van der Waals surface area contributed by atoms with Gasteiger partial charge in [-0.15, -0.1) is 0 Å². The average molecular weight is 417 g/mol. The molecule has 0 aliphatic carbocycles. The molecule has 0 saturated heterocycles. The molecule has 31 heavy (non-hydrogen) atoms. The quantitative estimate of drug-likeness (QED) is 0.285. The molecule has 5 aromatic rings. The lowest BCUT2D eigenvalue weighted by Gasteiger charge is -2.18. The van der Waals surface area contributed by atoms with Gasteiger partial charge < -0.3 is 0 Å². The van der Waals surface area contributed by atoms with Crippen molar-refractivity contribution in [3.05, 3.63) is 127 Å². The Labute approximate surface area is 185 Å². The topological polar surface area (TPSA) is 12.9 Å². The molecule has 0 aliphatic rings. The Kier molecular flexibility index (Phi) is 5.87. The van der Waals surface area contributed by atoms with Crippen LogP contribution in [0.3, 0.4) is 0 Å². The van der Waals surface area contributed by atoms with Gasteiger partial charge in [0.15, 0.2) is 0 Å². The zero-order valence-corrected chi connectivity index (χ0v) is 18.3. The van der Waals surface area contributed by atoms with Crippen molar-refractivity contribution in [2.24, 2.45) is 0 Å². The van der Waals surface area contributed by atoms with E-state index >= 15 is 0 Å². The normalized spacial score (nSPS) is 11.1. The van der Waals surface area contributed by atoms with E-state index < -0.39 is 7.92 Å². The number of aromatic nitrogens is 1. The van der Waals surface area contributed by atoms with Gasteiger partial charge in [-0.05, 0) is 54.0 Å². The van der Waals surface area contributed by atoms with Crippen molar-refractivity contribution in [2.45, 2.75) is 6.42 Å². The van der Waals surface area contributed by atoms with Crippen molar-refractivity contribution >= 4 is 29.3 Å². The highest BCUT2D eigenvalue weighted by molar-refractivity contribution is 7.73. The molecule has 0 spiro atoms. The van der Waals surface area contributed by atoms with Crippen molar-refractivity contribution in [1.82, 2.24) is 4.98 Å². The third-order valence-electron chi connectivity index (χ3n) is 5.60. The van der Waals surface area contributed by atoms with Gasteiger partial charge in [-0.25, -0.2) is 0 Å². The molecule has 4 aromatic carbocycles. The SMILES string of the molecule is c1ccc(P(CCc2cccc(-c3cccc4ccccc34)n2)c2ccccc2)cc1. The van der Waals surface area contributed by atoms with Crippen LogP contribution in [0, 0.1) is 0 Å². The molecular weight excluding hydrogens is 393 g/mol. The van der Waals surface area contributed by atoms with E-state index in [1.54, 1.807) is 0 Å². The number of hydrogen-bond donors (Lipinski definition) is 0. The smallest absolute Gasteiger partial charge is 0.0711 e. The van der Waals surface area contributed by atoms with Crippen LogP contribution in [-0.2, 0) is 6.42 Å². The Bertz CT molecular complexity index is 1240. The largest absolute Gasteiger partial charge is 0.253 e. The minimum atomic E-state index is -0.407. The zero-order chi connectivity index (χ0) is 20.9. The monoisotopic (exact) mass is 417 g/mol. The first-order chi connectivity index (χ1) is 15.4. The predicted molar refractivity (Wildman–Crippen MR) is 135 cm³/mol. The molecule has 1 nitrogen and oxygen atoms in total. The molecule has 0 atom stereocenters. The lowest BCUT2D eigenvalue weighted by molar-refractivity contribution is 1.05. The van der Waals surface area contributed by atoms with E-state index in [0.29, 0.717) is 0 Å². The summed E-state index contributed by atoms with van der Waals surface area (Å²) in [4.78, 5) is 5.06. The highest BCUT2D eigenvalue weighted by Crippen LogP contribution is 2.34. The van der Waals surface area contributed by atoms with Crippen molar-refractivity contribution in [3.63, 3.8) is 0 Å². The molecule has 150 valence electrons. The maximum absolute atomic E-state index is 5.06. The van der Waals surface area contributed by atoms with E-state index in [-0.39, 0.29) is 0 Å². The van der Waals surface area contributed by atoms with Crippen LogP contribution in [0.25, 0.3) is 22.0 Å². The van der Waals surface area contributed by atoms with Crippen LogP contribution in [0.1, 0.15) is 5.69 Å². The second kappa shape index (κ2) is 9.25. The summed E-state index contributed by atoms with van der Waals surface area (Å²) in [6.45, 7) is 0. The molecule has 5 rings (SSSR count). The Morgan fingerprint density at radius 2 is 1.16 bits per heavy atom. The molecule has 1 aromatic heterocycles. The van der Waals surface area contributed by atoms with Gasteiger partial charge in [0, 0.05) is 11.3 Å². The lowest BCUT2D eigenvalue weighted by atomic mass is 10.0. The second-order valence-electron chi connectivity index (χ2n) is 7.61. The third-order valence-corrected chi connectivity index (χ3v) is 8.11. The molecule has 0 amide bonds. The van der Waals surface area contributed by atoms with Crippen molar-refractivity contribution in [1.29, 1.82) is 0 Å². The lowest BCUT2D eigenvalue weighted by Crippen LogP contribution is -2.15. The number of pyridine rings is 1. The van der Waals surface area contributed by atoms with Gasteiger partial charge in [-0.3, -0.25) is 4.98 Å². The molecule has 0 aliphatic heterocycles. The van der Waals surface area contributed by atoms with E-state index in [1.807, 2.05) is 0 Å². The Balaban J connectivity index is 1.44. The standard InChI is InChI=1S/C29H24NP/c1-3-14-25(15-4-1)31(26-16-5-2-6-17-26)22-21-24-13-10-20-29(30-24)28-19-9-12-23-11-7-8-18-27(23)28/h1-20H,21-22H2. The predicted octanol–water partition coefficient (Wildman–Crippen LogP) is 6.58. The van der Waals surface area contributed by atoms with Gasteiger partial charge in [0.2, 0.25) is 0 Å². The van der Waals surface area contributed by atoms with E-state index in [2.05, 4.69) is 121 Å². The highest BCUT2D eigenvalue weighted by Gasteiger charge is 2.14. The maximum atomic E-state index is 5.06. The first kappa shape index (κ1) is 19.7. The van der Waals surface area contributed by atoms with Gasteiger partial charge >= 0.3 is 0 Å². The van der Waals surface area contributed by atoms with Crippen LogP contribution >= 0.6 is 7.92 Å². The Morgan fingerprint density at radius 3 is 1.90 bits per heavy atom. The first-order valence-corrected chi connectivity index (χ1v) is 12.2. The molecule has 2 heteroatoms. The number of hydrogen-bond acceptors (Lipinski definition) is 1. The zero-order valence-electron chi connectivity index (χ0n) is 17.4. The fourth-order valence-electron chi connectivity index (χ4n) is 4.07. The Morgan fingerprint density at radius 1 is 0.548 bits per heavy atom. The maximum Gasteiger partial charge on any atom is 0.0711 e. The average Bonchev–Trinajstić information content (AvgIpc) is 2.85. The highest BCUT2D eigenvalue weighted by atomic mass is 31.1. The summed E-state index contributed by atoms with van der Waals surface area (Å²) in [5.74, 6) is 0. The molecule has 0 saturated carbocycles. The Hall–Kier alpha value is -3.28. The molecule has 0 N–H and O–H groups in total. The van der Waals surface area contributed by atoms with Gasteiger partial charge in [0.05, 0.1) is 5.69 Å². The van der Waals surface area contributed by atoms with Crippen molar-refractivity contribution in [2.75, 3.05) is 6.16 Å². The number of nitrogens with zero attached hydrogens (tertiary/aromatic N) is 1. The van der Waals surface area contributed by atoms with E-state index in [4.69, 9.17) is 4.98 Å². The van der Waals surface area contributed by atoms with E-state index in [1.165, 1.54) is 26.9 Å². The van der Waals surface area contributed by atoms with Crippen LogP contribution in [0.15, 0.2) is 121 Å². The number of fused-ring (bicyclic) bond motifs is 1. The van der Waals surface area contributed by atoms with Crippen LogP contribution in [-0.4, -0.2) is 11.1 Å². The summed E-state index contributed by atoms with van der Waals surface area (Å²) in [6.07, 6.45) is 2.06. The first-order valence-electron chi connectivity index (χ1n) is 10.7.